The van der Waals surface area contributed by atoms with Gasteiger partial charge >= 0.3 is 5.97 Å². The molecule has 2 nitrogen and oxygen atoms in total. The van der Waals surface area contributed by atoms with Gasteiger partial charge in [-0.15, -0.1) is 0 Å². The lowest BCUT2D eigenvalue weighted by atomic mass is 9.90. The van der Waals surface area contributed by atoms with Gasteiger partial charge in [0.15, 0.2) is 0 Å². The van der Waals surface area contributed by atoms with E-state index in [4.69, 9.17) is 4.74 Å². The maximum atomic E-state index is 10.5. The molecule has 0 aromatic rings. The largest absolute Gasteiger partial charge is 0.462 e. The summed E-state index contributed by atoms with van der Waals surface area (Å²) >= 11 is 0. The third-order valence-electron chi connectivity index (χ3n) is 1.56. The molecule has 0 fully saturated rings. The number of hydrogen-bond acceptors (Lipinski definition) is 2. The molecule has 0 aromatic carbocycles. The average Bonchev–Trinajstić information content (AvgIpc) is 1.60. The van der Waals surface area contributed by atoms with Gasteiger partial charge in [-0.25, -0.2) is 0 Å². The van der Waals surface area contributed by atoms with Gasteiger partial charge in [0, 0.05) is 6.92 Å². The molecule has 0 unspecified atom stereocenters. The Morgan fingerprint density at radius 3 is 1.90 bits per heavy atom. The fourth-order valence-electron chi connectivity index (χ4n) is 0.426. The van der Waals surface area contributed by atoms with Gasteiger partial charge in [0.1, 0.15) is 6.10 Å². The van der Waals surface area contributed by atoms with Crippen LogP contribution in [-0.2, 0) is 9.53 Å². The van der Waals surface area contributed by atoms with Crippen molar-refractivity contribution in [2.24, 2.45) is 5.41 Å². The molecular formula is C8H16O2. The summed E-state index contributed by atoms with van der Waals surface area (Å²) in [6.07, 6.45) is -0.00926. The van der Waals surface area contributed by atoms with Crippen molar-refractivity contribution in [2.45, 2.75) is 40.7 Å². The maximum Gasteiger partial charge on any atom is 0.302 e. The van der Waals surface area contributed by atoms with Gasteiger partial charge in [0.2, 0.25) is 0 Å². The Morgan fingerprint density at radius 2 is 1.80 bits per heavy atom. The van der Waals surface area contributed by atoms with Gasteiger partial charge in [0.05, 0.1) is 0 Å². The molecule has 0 aliphatic rings. The Kier molecular flexibility index (Phi) is 2.88. The van der Waals surface area contributed by atoms with Crippen LogP contribution in [0.25, 0.3) is 0 Å². The first-order chi connectivity index (χ1) is 4.34. The van der Waals surface area contributed by atoms with Crippen LogP contribution in [0.15, 0.2) is 0 Å². The van der Waals surface area contributed by atoms with E-state index in [0.29, 0.717) is 0 Å². The predicted molar refractivity (Wildman–Crippen MR) is 40.7 cm³/mol. The van der Waals surface area contributed by atoms with E-state index in [1.807, 2.05) is 27.7 Å². The second-order valence-electron chi connectivity index (χ2n) is 3.62. The molecule has 0 heterocycles. The SMILES string of the molecule is CC(=O)O[C@H](C)C(C)(C)C. The van der Waals surface area contributed by atoms with Crippen LogP contribution in [0.1, 0.15) is 34.6 Å². The highest BCUT2D eigenvalue weighted by molar-refractivity contribution is 5.66. The zero-order chi connectivity index (χ0) is 8.36. The maximum absolute atomic E-state index is 10.5. The molecule has 0 saturated carbocycles. The number of carbonyl (C=O) groups is 1. The molecule has 2 heteroatoms. The standard InChI is InChI=1S/C8H16O2/c1-6(8(3,4)5)10-7(2)9/h6H,1-5H3/t6-/m1/s1. The molecule has 0 aliphatic heterocycles. The van der Waals surface area contributed by atoms with Crippen molar-refractivity contribution in [3.63, 3.8) is 0 Å². The van der Waals surface area contributed by atoms with E-state index in [2.05, 4.69) is 0 Å². The highest BCUT2D eigenvalue weighted by Crippen LogP contribution is 2.21. The van der Waals surface area contributed by atoms with Crippen LogP contribution < -0.4 is 0 Å². The lowest BCUT2D eigenvalue weighted by Crippen LogP contribution is -2.27. The first kappa shape index (κ1) is 9.47. The Morgan fingerprint density at radius 1 is 1.40 bits per heavy atom. The predicted octanol–water partition coefficient (Wildman–Crippen LogP) is 1.98. The molecular weight excluding hydrogens is 128 g/mol. The minimum Gasteiger partial charge on any atom is -0.462 e. The van der Waals surface area contributed by atoms with Gasteiger partial charge in [-0.05, 0) is 12.3 Å². The molecule has 0 aromatic heterocycles. The molecule has 10 heavy (non-hydrogen) atoms. The van der Waals surface area contributed by atoms with Crippen LogP contribution in [-0.4, -0.2) is 12.1 Å². The van der Waals surface area contributed by atoms with E-state index in [9.17, 15) is 4.79 Å². The summed E-state index contributed by atoms with van der Waals surface area (Å²) < 4.78 is 4.98. The number of esters is 1. The fourth-order valence-corrected chi connectivity index (χ4v) is 0.426. The number of hydrogen-bond donors (Lipinski definition) is 0. The topological polar surface area (TPSA) is 26.3 Å². The minimum atomic E-state index is -0.206. The van der Waals surface area contributed by atoms with Crippen LogP contribution in [0.2, 0.25) is 0 Å². The van der Waals surface area contributed by atoms with Gasteiger partial charge in [-0.1, -0.05) is 20.8 Å². The van der Waals surface area contributed by atoms with Crippen LogP contribution >= 0.6 is 0 Å². The van der Waals surface area contributed by atoms with E-state index in [-0.39, 0.29) is 17.5 Å². The molecule has 0 bridgehead atoms. The second-order valence-corrected chi connectivity index (χ2v) is 3.62. The van der Waals surface area contributed by atoms with Gasteiger partial charge < -0.3 is 4.74 Å². The average molecular weight is 144 g/mol. The summed E-state index contributed by atoms with van der Waals surface area (Å²) in [4.78, 5) is 10.5. The highest BCUT2D eigenvalue weighted by Gasteiger charge is 2.22. The van der Waals surface area contributed by atoms with Crippen molar-refractivity contribution in [1.29, 1.82) is 0 Å². The first-order valence-corrected chi connectivity index (χ1v) is 3.51. The van der Waals surface area contributed by atoms with Crippen LogP contribution in [0, 0.1) is 5.41 Å². The lowest BCUT2D eigenvalue weighted by Gasteiger charge is -2.26. The smallest absolute Gasteiger partial charge is 0.302 e. The summed E-state index contributed by atoms with van der Waals surface area (Å²) in [7, 11) is 0. The zero-order valence-electron chi connectivity index (χ0n) is 7.39. The van der Waals surface area contributed by atoms with Gasteiger partial charge in [-0.3, -0.25) is 4.79 Å². The molecule has 0 aliphatic carbocycles. The Hall–Kier alpha value is -0.530. The molecule has 60 valence electrons. The van der Waals surface area contributed by atoms with E-state index >= 15 is 0 Å². The van der Waals surface area contributed by atoms with E-state index in [0.717, 1.165) is 0 Å². The normalized spacial score (nSPS) is 14.5. The summed E-state index contributed by atoms with van der Waals surface area (Å²) in [6, 6.07) is 0. The van der Waals surface area contributed by atoms with E-state index in [1.54, 1.807) is 0 Å². The molecule has 0 saturated heterocycles. The quantitative estimate of drug-likeness (QED) is 0.526. The molecule has 0 rings (SSSR count). The molecule has 0 amide bonds. The van der Waals surface area contributed by atoms with Crippen molar-refractivity contribution in [3.8, 4) is 0 Å². The Labute approximate surface area is 62.6 Å². The van der Waals surface area contributed by atoms with E-state index < -0.39 is 0 Å². The van der Waals surface area contributed by atoms with Gasteiger partial charge in [-0.2, -0.15) is 0 Å². The highest BCUT2D eigenvalue weighted by atomic mass is 16.5. The van der Waals surface area contributed by atoms with Crippen LogP contribution in [0.4, 0.5) is 0 Å². The molecule has 1 atom stereocenters. The first-order valence-electron chi connectivity index (χ1n) is 3.51. The van der Waals surface area contributed by atoms with Crippen molar-refractivity contribution in [3.05, 3.63) is 0 Å². The Bertz CT molecular complexity index is 122. The number of rotatable bonds is 1. The lowest BCUT2D eigenvalue weighted by molar-refractivity contribution is -0.150. The van der Waals surface area contributed by atoms with Crippen LogP contribution in [0.5, 0.6) is 0 Å². The summed E-state index contributed by atoms with van der Waals surface area (Å²) in [5.74, 6) is -0.206. The minimum absolute atomic E-state index is 0.00926. The number of carbonyl (C=O) groups excluding carboxylic acids is 1. The fraction of sp³-hybridized carbons (Fsp3) is 0.875. The van der Waals surface area contributed by atoms with Crippen molar-refractivity contribution < 1.29 is 9.53 Å². The summed E-state index contributed by atoms with van der Waals surface area (Å²) in [6.45, 7) is 9.46. The molecule has 0 N–H and O–H groups in total. The second kappa shape index (κ2) is 3.04. The van der Waals surface area contributed by atoms with Crippen molar-refractivity contribution >= 4 is 5.97 Å². The molecule has 0 radical (unpaired) electrons. The monoisotopic (exact) mass is 144 g/mol. The van der Waals surface area contributed by atoms with Gasteiger partial charge in [0.25, 0.3) is 0 Å². The van der Waals surface area contributed by atoms with Crippen molar-refractivity contribution in [2.75, 3.05) is 0 Å². The Balaban J connectivity index is 3.85. The third-order valence-corrected chi connectivity index (χ3v) is 1.56. The van der Waals surface area contributed by atoms with E-state index in [1.165, 1.54) is 6.92 Å². The van der Waals surface area contributed by atoms with Crippen molar-refractivity contribution in [1.82, 2.24) is 0 Å². The zero-order valence-corrected chi connectivity index (χ0v) is 7.39. The molecule has 0 spiro atoms. The summed E-state index contributed by atoms with van der Waals surface area (Å²) in [5, 5.41) is 0. The number of ether oxygens (including phenoxy) is 1. The third kappa shape index (κ3) is 3.49. The summed E-state index contributed by atoms with van der Waals surface area (Å²) in [5.41, 5.74) is 0.0473. The van der Waals surface area contributed by atoms with Crippen LogP contribution in [0.3, 0.4) is 0 Å².